The van der Waals surface area contributed by atoms with Crippen LogP contribution in [-0.4, -0.2) is 33.2 Å². The number of nitrogen functional groups attached to an aromatic ring is 1. The van der Waals surface area contributed by atoms with Gasteiger partial charge in [-0.3, -0.25) is 4.79 Å². The highest BCUT2D eigenvalue weighted by atomic mass is 16.4. The number of carboxylic acid groups (broad SMARTS) is 2. The fourth-order valence-corrected chi connectivity index (χ4v) is 1.23. The third kappa shape index (κ3) is 4.37. The van der Waals surface area contributed by atoms with Gasteiger partial charge in [-0.25, -0.2) is 9.78 Å². The molecule has 0 bridgehead atoms. The van der Waals surface area contributed by atoms with Crippen molar-refractivity contribution >= 4 is 23.4 Å². The first-order chi connectivity index (χ1) is 7.99. The number of aliphatic carboxylic acids is 2. The highest BCUT2D eigenvalue weighted by molar-refractivity contribution is 5.78. The molecular weight excluding hydrogens is 226 g/mol. The standard InChI is InChI=1S/C10H13N3O4/c11-6-3-4-12-8(5-6)13-7(10(16)17)1-2-9(14)15/h3-5,7H,1-2H2,(H,14,15)(H,16,17)(H3,11,12,13)/t7-/m0/s1. The van der Waals surface area contributed by atoms with E-state index in [4.69, 9.17) is 15.9 Å². The predicted octanol–water partition coefficient (Wildman–Crippen LogP) is 0.394. The average molecular weight is 239 g/mol. The molecule has 7 nitrogen and oxygen atoms in total. The number of nitrogens with one attached hydrogen (secondary N) is 1. The van der Waals surface area contributed by atoms with Gasteiger partial charge in [0.1, 0.15) is 11.9 Å². The Morgan fingerprint density at radius 3 is 2.71 bits per heavy atom. The second-order valence-electron chi connectivity index (χ2n) is 3.44. The van der Waals surface area contributed by atoms with E-state index >= 15 is 0 Å². The van der Waals surface area contributed by atoms with Gasteiger partial charge in [-0.15, -0.1) is 0 Å². The van der Waals surface area contributed by atoms with Gasteiger partial charge < -0.3 is 21.3 Å². The SMILES string of the molecule is Nc1ccnc(N[C@@H](CCC(=O)O)C(=O)O)c1. The van der Waals surface area contributed by atoms with E-state index in [0.717, 1.165) is 0 Å². The van der Waals surface area contributed by atoms with Crippen molar-refractivity contribution in [2.45, 2.75) is 18.9 Å². The van der Waals surface area contributed by atoms with Crippen LogP contribution in [0.3, 0.4) is 0 Å². The molecule has 0 spiro atoms. The topological polar surface area (TPSA) is 126 Å². The molecular formula is C10H13N3O4. The lowest BCUT2D eigenvalue weighted by atomic mass is 10.1. The Morgan fingerprint density at radius 2 is 2.18 bits per heavy atom. The molecule has 1 aromatic heterocycles. The summed E-state index contributed by atoms with van der Waals surface area (Å²) < 4.78 is 0. The highest BCUT2D eigenvalue weighted by Crippen LogP contribution is 2.11. The lowest BCUT2D eigenvalue weighted by molar-refractivity contribution is -0.139. The first-order valence-corrected chi connectivity index (χ1v) is 4.91. The van der Waals surface area contributed by atoms with E-state index in [1.807, 2.05) is 0 Å². The first-order valence-electron chi connectivity index (χ1n) is 4.91. The van der Waals surface area contributed by atoms with Crippen LogP contribution in [0.15, 0.2) is 18.3 Å². The minimum absolute atomic E-state index is 0.0266. The minimum Gasteiger partial charge on any atom is -0.481 e. The zero-order valence-electron chi connectivity index (χ0n) is 8.96. The van der Waals surface area contributed by atoms with Crippen molar-refractivity contribution in [2.75, 3.05) is 11.1 Å². The van der Waals surface area contributed by atoms with Gasteiger partial charge in [0.05, 0.1) is 0 Å². The zero-order chi connectivity index (χ0) is 12.8. The van der Waals surface area contributed by atoms with E-state index < -0.39 is 18.0 Å². The Morgan fingerprint density at radius 1 is 1.47 bits per heavy atom. The first kappa shape index (κ1) is 12.8. The number of hydrogen-bond acceptors (Lipinski definition) is 5. The van der Waals surface area contributed by atoms with Crippen molar-refractivity contribution in [3.8, 4) is 0 Å². The summed E-state index contributed by atoms with van der Waals surface area (Å²) in [6.45, 7) is 0. The molecule has 0 fully saturated rings. The number of nitrogens with zero attached hydrogens (tertiary/aromatic N) is 1. The summed E-state index contributed by atoms with van der Waals surface area (Å²) in [5.74, 6) is -1.86. The van der Waals surface area contributed by atoms with Gasteiger partial charge in [-0.2, -0.15) is 0 Å². The van der Waals surface area contributed by atoms with Gasteiger partial charge in [0.15, 0.2) is 0 Å². The third-order valence-corrected chi connectivity index (χ3v) is 2.05. The zero-order valence-corrected chi connectivity index (χ0v) is 8.96. The van der Waals surface area contributed by atoms with Crippen LogP contribution >= 0.6 is 0 Å². The van der Waals surface area contributed by atoms with Crippen molar-refractivity contribution in [2.24, 2.45) is 0 Å². The molecule has 0 aliphatic heterocycles. The summed E-state index contributed by atoms with van der Waals surface area (Å²) in [7, 11) is 0. The lowest BCUT2D eigenvalue weighted by Gasteiger charge is -2.14. The Kier molecular flexibility index (Phi) is 4.27. The number of hydrogen-bond donors (Lipinski definition) is 4. The van der Waals surface area contributed by atoms with Crippen LogP contribution in [0.2, 0.25) is 0 Å². The lowest BCUT2D eigenvalue weighted by Crippen LogP contribution is -2.30. The summed E-state index contributed by atoms with van der Waals surface area (Å²) >= 11 is 0. The van der Waals surface area contributed by atoms with Gasteiger partial charge in [-0.1, -0.05) is 0 Å². The van der Waals surface area contributed by atoms with E-state index in [0.29, 0.717) is 11.5 Å². The van der Waals surface area contributed by atoms with Crippen LogP contribution in [0.4, 0.5) is 11.5 Å². The second kappa shape index (κ2) is 5.69. The summed E-state index contributed by atoms with van der Waals surface area (Å²) in [5.41, 5.74) is 5.96. The molecule has 17 heavy (non-hydrogen) atoms. The monoisotopic (exact) mass is 239 g/mol. The molecule has 0 aliphatic carbocycles. The minimum atomic E-state index is -1.13. The van der Waals surface area contributed by atoms with Crippen molar-refractivity contribution in [3.05, 3.63) is 18.3 Å². The fraction of sp³-hybridized carbons (Fsp3) is 0.300. The van der Waals surface area contributed by atoms with E-state index in [1.165, 1.54) is 12.3 Å². The molecule has 0 unspecified atom stereocenters. The molecule has 1 atom stereocenters. The number of anilines is 2. The second-order valence-corrected chi connectivity index (χ2v) is 3.44. The number of aromatic nitrogens is 1. The predicted molar refractivity (Wildman–Crippen MR) is 60.6 cm³/mol. The molecule has 0 saturated carbocycles. The largest absolute Gasteiger partial charge is 0.481 e. The van der Waals surface area contributed by atoms with E-state index in [-0.39, 0.29) is 12.8 Å². The van der Waals surface area contributed by atoms with Crippen molar-refractivity contribution in [1.82, 2.24) is 4.98 Å². The Bertz CT molecular complexity index is 422. The van der Waals surface area contributed by atoms with Crippen LogP contribution in [-0.2, 0) is 9.59 Å². The summed E-state index contributed by atoms with van der Waals surface area (Å²) in [4.78, 5) is 25.2. The number of rotatable bonds is 6. The van der Waals surface area contributed by atoms with Crippen LogP contribution in [0.1, 0.15) is 12.8 Å². The molecule has 0 amide bonds. The molecule has 1 heterocycles. The number of carboxylic acids is 2. The summed E-state index contributed by atoms with van der Waals surface area (Å²) in [5, 5.41) is 20.0. The molecule has 7 heteroatoms. The molecule has 0 saturated heterocycles. The van der Waals surface area contributed by atoms with Crippen molar-refractivity contribution < 1.29 is 19.8 Å². The molecule has 0 aromatic carbocycles. The van der Waals surface area contributed by atoms with E-state index in [1.54, 1.807) is 6.07 Å². The van der Waals surface area contributed by atoms with Gasteiger partial charge in [0.2, 0.25) is 0 Å². The van der Waals surface area contributed by atoms with Crippen LogP contribution in [0.25, 0.3) is 0 Å². The van der Waals surface area contributed by atoms with E-state index in [2.05, 4.69) is 10.3 Å². The Labute approximate surface area is 97.3 Å². The average Bonchev–Trinajstić information content (AvgIpc) is 2.23. The smallest absolute Gasteiger partial charge is 0.326 e. The maximum Gasteiger partial charge on any atom is 0.326 e. The highest BCUT2D eigenvalue weighted by Gasteiger charge is 2.18. The fourth-order valence-electron chi connectivity index (χ4n) is 1.23. The van der Waals surface area contributed by atoms with Crippen LogP contribution in [0.5, 0.6) is 0 Å². The molecule has 1 rings (SSSR count). The number of carbonyl (C=O) groups is 2. The summed E-state index contributed by atoms with van der Waals surface area (Å²) in [6.07, 6.45) is 1.18. The van der Waals surface area contributed by atoms with Gasteiger partial charge in [-0.05, 0) is 12.5 Å². The molecule has 1 aromatic rings. The Balaban J connectivity index is 2.66. The summed E-state index contributed by atoms with van der Waals surface area (Å²) in [6, 6.07) is 2.05. The molecule has 92 valence electrons. The Hall–Kier alpha value is -2.31. The van der Waals surface area contributed by atoms with Crippen molar-refractivity contribution in [3.63, 3.8) is 0 Å². The quantitative estimate of drug-likeness (QED) is 0.565. The van der Waals surface area contributed by atoms with Gasteiger partial charge in [0, 0.05) is 24.4 Å². The normalized spacial score (nSPS) is 11.8. The van der Waals surface area contributed by atoms with E-state index in [9.17, 15) is 9.59 Å². The molecule has 5 N–H and O–H groups in total. The molecule has 0 radical (unpaired) electrons. The van der Waals surface area contributed by atoms with Crippen LogP contribution in [0, 0.1) is 0 Å². The third-order valence-electron chi connectivity index (χ3n) is 2.05. The van der Waals surface area contributed by atoms with Crippen LogP contribution < -0.4 is 11.1 Å². The number of nitrogens with two attached hydrogens (primary N) is 1. The van der Waals surface area contributed by atoms with Gasteiger partial charge >= 0.3 is 11.9 Å². The van der Waals surface area contributed by atoms with Crippen molar-refractivity contribution in [1.29, 1.82) is 0 Å². The van der Waals surface area contributed by atoms with Gasteiger partial charge in [0.25, 0.3) is 0 Å². The number of pyridine rings is 1. The maximum atomic E-state index is 10.9. The maximum absolute atomic E-state index is 10.9. The molecule has 0 aliphatic rings.